The molecule has 35 nitrogen and oxygen atoms in total. The average molecular weight is 1580 g/mol. The summed E-state index contributed by atoms with van der Waals surface area (Å²) in [5, 5.41) is 40.7. The Morgan fingerprint density at radius 2 is 1.17 bits per heavy atom. The van der Waals surface area contributed by atoms with Gasteiger partial charge in [-0.2, -0.15) is 0 Å². The Labute approximate surface area is 648 Å². The third kappa shape index (κ3) is 27.2. The molecule has 0 radical (unpaired) electrons. The number of carbonyl (C=O) groups excluding carboxylic acids is 10. The predicted molar refractivity (Wildman–Crippen MR) is 397 cm³/mol. The number of ether oxygens (including phenoxy) is 11. The maximum absolute atomic E-state index is 15.6. The highest BCUT2D eigenvalue weighted by atomic mass is 19.1. The number of imide groups is 1. The molecule has 9 amide bonds. The van der Waals surface area contributed by atoms with E-state index in [4.69, 9.17) is 57.1 Å². The minimum Gasteiger partial charge on any atom is -0.481 e. The molecule has 0 bridgehead atoms. The number of carboxylic acid groups (broad SMARTS) is 1. The largest absolute Gasteiger partial charge is 0.481 e. The Morgan fingerprint density at radius 3 is 1.72 bits per heavy atom. The zero-order valence-corrected chi connectivity index (χ0v) is 64.7. The first-order valence-corrected chi connectivity index (χ1v) is 38.2. The SMILES string of the molecule is CCC1(O)C(=O)OCc2c1cc1n(c2=O)Cc2c-1nc1cc(F)c(C)c3c1c2[C@@H](NC(=O)[C@@H](C)NC(=O)[C@@H](NC(=O)[C@H](CCC(=O)O)NC(=O)CCCNC(=O)[C@H](CCCCNC(=O)COCCOCCOCCOCCOCCOCCOCCOCCOCCOC)NC(=O)CCCN1C(=O)C=CC1=O)C(C)C)CC3. The number of methoxy groups -OCH3 is 1. The summed E-state index contributed by atoms with van der Waals surface area (Å²) in [5.41, 5.74) is 0.570. The van der Waals surface area contributed by atoms with Crippen molar-refractivity contribution >= 4 is 76.0 Å². The van der Waals surface area contributed by atoms with Crippen LogP contribution in [0, 0.1) is 18.7 Å². The summed E-state index contributed by atoms with van der Waals surface area (Å²) < 4.78 is 76.3. The number of aliphatic carboxylic acids is 1. The summed E-state index contributed by atoms with van der Waals surface area (Å²) in [6.07, 6.45) is 2.41. The molecule has 3 aliphatic heterocycles. The lowest BCUT2D eigenvalue weighted by Crippen LogP contribution is -2.58. The van der Waals surface area contributed by atoms with Crippen LogP contribution in [0.25, 0.3) is 22.3 Å². The smallest absolute Gasteiger partial charge is 0.343 e. The van der Waals surface area contributed by atoms with Crippen LogP contribution in [0.15, 0.2) is 29.1 Å². The zero-order valence-electron chi connectivity index (χ0n) is 64.7. The molecule has 0 fully saturated rings. The number of hydrogen-bond donors (Lipinski definition) is 9. The number of carbonyl (C=O) groups is 11. The van der Waals surface area contributed by atoms with E-state index in [0.29, 0.717) is 158 Å². The second-order valence-electron chi connectivity index (χ2n) is 27.5. The van der Waals surface area contributed by atoms with Gasteiger partial charge in [0.15, 0.2) is 5.60 Å². The number of aryl methyl sites for hydroxylation is 1. The molecule has 5 heterocycles. The van der Waals surface area contributed by atoms with Gasteiger partial charge in [0.1, 0.15) is 43.2 Å². The van der Waals surface area contributed by atoms with Gasteiger partial charge in [0.25, 0.3) is 17.4 Å². The minimum absolute atomic E-state index is 0.0128. The van der Waals surface area contributed by atoms with Crippen molar-refractivity contribution < 1.29 is 119 Å². The number of fused-ring (bicyclic) bond motifs is 5. The standard InChI is InChI=1S/C76H109FN10O25/c1-7-76(101)53-42-59-69-51(44-87(59)74(99)52(53)45-112-75(76)100)67-55(16-15-50-48(4)54(77)43-58(83-69)66(50)67)84-70(95)49(5)80-73(98)68(47(2)3)85-72(97)57(17-20-65(93)94)82-60(88)13-10-22-79-71(96)56(81-61(89)14-11-23-86-63(91)18-19-64(86)92)12-8-9-21-78-62(90)46-111-41-40-110-39-38-109-37-36-108-35-34-107-33-32-106-31-30-105-29-28-104-27-26-103-25-24-102-6/h18-19,42-43,47,49,55-57,68,101H,7-17,20-41,44-46H2,1-6H3,(H,78,90)(H,79,96)(H,80,98)(H,81,89)(H,82,88)(H,84,95)(H,85,97)(H,93,94)/t49-,55+,56+,57+,68+,76?/m1/s1. The molecule has 0 saturated carbocycles. The number of pyridine rings is 2. The number of cyclic esters (lactones) is 1. The van der Waals surface area contributed by atoms with Gasteiger partial charge in [-0.15, -0.1) is 0 Å². The summed E-state index contributed by atoms with van der Waals surface area (Å²) in [5.74, 6) is -8.89. The summed E-state index contributed by atoms with van der Waals surface area (Å²) in [7, 11) is 1.62. The fourth-order valence-electron chi connectivity index (χ4n) is 12.9. The summed E-state index contributed by atoms with van der Waals surface area (Å²) in [6, 6.07) is -3.03. The Morgan fingerprint density at radius 1 is 0.625 bits per heavy atom. The monoisotopic (exact) mass is 1580 g/mol. The number of nitrogens with zero attached hydrogens (tertiary/aromatic N) is 3. The Balaban J connectivity index is 0.800. The van der Waals surface area contributed by atoms with Crippen LogP contribution in [0.1, 0.15) is 138 Å². The molecule has 112 heavy (non-hydrogen) atoms. The quantitative estimate of drug-likeness (QED) is 0.0168. The van der Waals surface area contributed by atoms with Gasteiger partial charge in [0.2, 0.25) is 41.4 Å². The molecule has 0 saturated heterocycles. The number of nitrogens with one attached hydrogen (secondary N) is 7. The van der Waals surface area contributed by atoms with Crippen LogP contribution in [-0.2, 0) is 130 Å². The number of halogens is 1. The molecule has 620 valence electrons. The van der Waals surface area contributed by atoms with E-state index in [9.17, 15) is 67.7 Å². The van der Waals surface area contributed by atoms with E-state index >= 15 is 4.39 Å². The fourth-order valence-corrected chi connectivity index (χ4v) is 12.9. The lowest BCUT2D eigenvalue weighted by Gasteiger charge is -2.31. The van der Waals surface area contributed by atoms with Crippen molar-refractivity contribution in [3.8, 4) is 11.4 Å². The van der Waals surface area contributed by atoms with Crippen LogP contribution in [-0.4, -0.2) is 266 Å². The van der Waals surface area contributed by atoms with Crippen molar-refractivity contribution in [1.82, 2.24) is 51.7 Å². The molecule has 4 aliphatic rings. The van der Waals surface area contributed by atoms with Crippen molar-refractivity contribution in [2.45, 2.75) is 161 Å². The first kappa shape index (κ1) is 90.4. The van der Waals surface area contributed by atoms with E-state index in [1.165, 1.54) is 23.6 Å². The van der Waals surface area contributed by atoms with Crippen molar-refractivity contribution in [2.24, 2.45) is 5.92 Å². The molecule has 6 atom stereocenters. The van der Waals surface area contributed by atoms with E-state index < -0.39 is 119 Å². The number of aromatic nitrogens is 2. The van der Waals surface area contributed by atoms with Crippen molar-refractivity contribution in [3.05, 3.63) is 73.8 Å². The summed E-state index contributed by atoms with van der Waals surface area (Å²) in [4.78, 5) is 164. The Hall–Kier alpha value is -8.82. The molecule has 2 aromatic heterocycles. The van der Waals surface area contributed by atoms with Gasteiger partial charge in [-0.05, 0) is 100 Å². The van der Waals surface area contributed by atoms with Crippen molar-refractivity contribution in [3.63, 3.8) is 0 Å². The number of unbranched alkanes of at least 4 members (excludes halogenated alkanes) is 1. The third-order valence-corrected chi connectivity index (χ3v) is 19.1. The number of esters is 1. The van der Waals surface area contributed by atoms with Crippen LogP contribution < -0.4 is 42.8 Å². The van der Waals surface area contributed by atoms with E-state index in [1.54, 1.807) is 34.8 Å². The maximum atomic E-state index is 15.6. The Kier molecular flexibility index (Phi) is 37.9. The van der Waals surface area contributed by atoms with Gasteiger partial charge in [-0.3, -0.25) is 57.6 Å². The predicted octanol–water partition coefficient (Wildman–Crippen LogP) is 0.794. The van der Waals surface area contributed by atoms with Crippen molar-refractivity contribution in [2.75, 3.05) is 152 Å². The molecule has 1 unspecified atom stereocenters. The first-order chi connectivity index (χ1) is 53.9. The maximum Gasteiger partial charge on any atom is 0.343 e. The highest BCUT2D eigenvalue weighted by Crippen LogP contribution is 2.46. The molecule has 9 N–H and O–H groups in total. The van der Waals surface area contributed by atoms with Crippen LogP contribution in [0.5, 0.6) is 0 Å². The lowest BCUT2D eigenvalue weighted by atomic mass is 9.81. The summed E-state index contributed by atoms with van der Waals surface area (Å²) in [6.45, 7) is 14.8. The molecule has 36 heteroatoms. The zero-order chi connectivity index (χ0) is 81.1. The topological polar surface area (TPSA) is 452 Å². The van der Waals surface area contributed by atoms with Crippen LogP contribution in [0.4, 0.5) is 4.39 Å². The van der Waals surface area contributed by atoms with Gasteiger partial charge in [0.05, 0.1) is 154 Å². The molecule has 1 aliphatic carbocycles. The highest BCUT2D eigenvalue weighted by molar-refractivity contribution is 6.13. The second kappa shape index (κ2) is 47.0. The van der Waals surface area contributed by atoms with E-state index in [1.807, 2.05) is 0 Å². The first-order valence-electron chi connectivity index (χ1n) is 38.2. The number of rotatable bonds is 56. The van der Waals surface area contributed by atoms with Crippen LogP contribution >= 0.6 is 0 Å². The van der Waals surface area contributed by atoms with Gasteiger partial charge < -0.3 is 104 Å². The molecular weight excluding hydrogens is 1470 g/mol. The number of amides is 9. The number of hydrogen-bond acceptors (Lipinski definition) is 25. The number of aliphatic hydroxyl groups is 1. The van der Waals surface area contributed by atoms with E-state index in [2.05, 4.69) is 37.2 Å². The summed E-state index contributed by atoms with van der Waals surface area (Å²) >= 11 is 0. The minimum atomic E-state index is -2.11. The van der Waals surface area contributed by atoms with Gasteiger partial charge in [-0.25, -0.2) is 14.2 Å². The third-order valence-electron chi connectivity index (χ3n) is 19.1. The normalized spacial score (nSPS) is 16.5. The van der Waals surface area contributed by atoms with Gasteiger partial charge >= 0.3 is 11.9 Å². The van der Waals surface area contributed by atoms with Crippen LogP contribution in [0.2, 0.25) is 0 Å². The Bertz CT molecular complexity index is 3800. The van der Waals surface area contributed by atoms with Crippen LogP contribution in [0.3, 0.4) is 0 Å². The van der Waals surface area contributed by atoms with Crippen molar-refractivity contribution in [1.29, 1.82) is 0 Å². The van der Waals surface area contributed by atoms with Gasteiger partial charge in [0, 0.05) is 80.7 Å². The molecule has 0 spiro atoms. The molecular formula is C76H109FN10O25. The molecule has 7 rings (SSSR count). The van der Waals surface area contributed by atoms with Gasteiger partial charge in [-0.1, -0.05) is 20.8 Å². The molecule has 1 aromatic carbocycles. The second-order valence-corrected chi connectivity index (χ2v) is 27.5. The highest BCUT2D eigenvalue weighted by Gasteiger charge is 2.46. The number of benzene rings is 1. The van der Waals surface area contributed by atoms with E-state index in [0.717, 1.165) is 17.1 Å². The number of carboxylic acids is 1. The lowest BCUT2D eigenvalue weighted by molar-refractivity contribution is -0.172. The average Bonchev–Trinajstić information content (AvgIpc) is 1.67. The van der Waals surface area contributed by atoms with E-state index in [-0.39, 0.29) is 132 Å². The fraction of sp³-hybridized carbons (Fsp3) is 0.645. The molecule has 3 aromatic rings.